The maximum Gasteiger partial charge on any atom is 0.367 e. The van der Waals surface area contributed by atoms with Crippen LogP contribution in [0.15, 0.2) is 22.0 Å². The maximum absolute atomic E-state index is 13.1. The van der Waals surface area contributed by atoms with Gasteiger partial charge >= 0.3 is 19.5 Å². The number of thiophene rings is 1. The van der Waals surface area contributed by atoms with Crippen molar-refractivity contribution in [3.8, 4) is 16.5 Å². The van der Waals surface area contributed by atoms with E-state index in [-0.39, 0.29) is 43.6 Å². The Hall–Kier alpha value is -2.73. The highest BCUT2D eigenvalue weighted by Gasteiger charge is 2.52. The van der Waals surface area contributed by atoms with Crippen LogP contribution in [0.1, 0.15) is 40.2 Å². The fourth-order valence-corrected chi connectivity index (χ4v) is 5.28. The Kier molecular flexibility index (Phi) is 11.1. The number of carbonyl (C=O) groups is 3. The summed E-state index contributed by atoms with van der Waals surface area (Å²) < 4.78 is 44.9. The van der Waals surface area contributed by atoms with Gasteiger partial charge in [0.15, 0.2) is 12.1 Å². The molecule has 0 atom stereocenters. The molecule has 0 bridgehead atoms. The quantitative estimate of drug-likeness (QED) is 0.198. The number of ether oxygens (including phenoxy) is 3. The zero-order chi connectivity index (χ0) is 26.8. The van der Waals surface area contributed by atoms with Crippen LogP contribution in [-0.2, 0) is 43.9 Å². The van der Waals surface area contributed by atoms with Crippen molar-refractivity contribution in [2.75, 3.05) is 32.8 Å². The van der Waals surface area contributed by atoms with Crippen LogP contribution in [0.2, 0.25) is 0 Å². The molecule has 0 unspecified atom stereocenters. The van der Waals surface area contributed by atoms with Crippen LogP contribution in [0.3, 0.4) is 0 Å². The summed E-state index contributed by atoms with van der Waals surface area (Å²) in [7, 11) is -3.64. The predicted molar refractivity (Wildman–Crippen MR) is 130 cm³/mol. The van der Waals surface area contributed by atoms with Gasteiger partial charge in [0, 0.05) is 13.3 Å². The minimum Gasteiger partial charge on any atom is -0.464 e. The van der Waals surface area contributed by atoms with E-state index in [0.29, 0.717) is 4.88 Å². The van der Waals surface area contributed by atoms with Crippen LogP contribution >= 0.6 is 18.9 Å². The van der Waals surface area contributed by atoms with Crippen molar-refractivity contribution in [1.82, 2.24) is 10.5 Å². The van der Waals surface area contributed by atoms with Crippen molar-refractivity contribution in [3.05, 3.63) is 23.1 Å². The molecular weight excluding hydrogens is 515 g/mol. The van der Waals surface area contributed by atoms with E-state index in [2.05, 4.69) is 10.5 Å². The Balaban J connectivity index is 2.61. The van der Waals surface area contributed by atoms with Crippen molar-refractivity contribution in [3.63, 3.8) is 0 Å². The highest BCUT2D eigenvalue weighted by molar-refractivity contribution is 7.53. The van der Waals surface area contributed by atoms with Crippen molar-refractivity contribution < 1.29 is 46.7 Å². The smallest absolute Gasteiger partial charge is 0.367 e. The van der Waals surface area contributed by atoms with E-state index in [0.717, 1.165) is 6.92 Å². The van der Waals surface area contributed by atoms with Gasteiger partial charge in [0.25, 0.3) is 5.88 Å². The molecule has 0 spiro atoms. The van der Waals surface area contributed by atoms with Crippen LogP contribution in [0, 0.1) is 0 Å². The minimum absolute atomic E-state index is 0.0593. The first kappa shape index (κ1) is 29.5. The molecule has 12 nitrogen and oxygen atoms in total. The van der Waals surface area contributed by atoms with Crippen molar-refractivity contribution in [1.29, 1.82) is 0 Å². The number of hydrogen-bond acceptors (Lipinski definition) is 12. The summed E-state index contributed by atoms with van der Waals surface area (Å²) in [6, 6.07) is 3.50. The SMILES string of the molecule is CCOC(=O)C(Cc1c(OCP(=O)(OCC)OCC)noc1-c1cccs1)(NC(C)=O)C(=O)OCC. The summed E-state index contributed by atoms with van der Waals surface area (Å²) in [5.41, 5.74) is -2.12. The Labute approximate surface area is 213 Å². The summed E-state index contributed by atoms with van der Waals surface area (Å²) in [5, 5.41) is 8.12. The summed E-state index contributed by atoms with van der Waals surface area (Å²) in [6.45, 7) is 7.70. The van der Waals surface area contributed by atoms with Gasteiger partial charge < -0.3 is 33.1 Å². The van der Waals surface area contributed by atoms with Gasteiger partial charge in [-0.25, -0.2) is 9.59 Å². The van der Waals surface area contributed by atoms with Crippen molar-refractivity contribution in [2.24, 2.45) is 0 Å². The third kappa shape index (κ3) is 7.16. The lowest BCUT2D eigenvalue weighted by molar-refractivity contribution is -0.168. The second-order valence-electron chi connectivity index (χ2n) is 7.20. The van der Waals surface area contributed by atoms with Crippen LogP contribution in [0.4, 0.5) is 0 Å². The molecule has 2 aromatic heterocycles. The zero-order valence-corrected chi connectivity index (χ0v) is 22.6. The van der Waals surface area contributed by atoms with Crippen LogP contribution in [0.25, 0.3) is 10.6 Å². The summed E-state index contributed by atoms with van der Waals surface area (Å²) in [4.78, 5) is 39.0. The van der Waals surface area contributed by atoms with E-state index < -0.39 is 43.7 Å². The maximum atomic E-state index is 13.1. The number of esters is 2. The molecule has 1 amide bonds. The third-order valence-electron chi connectivity index (χ3n) is 4.59. The number of nitrogens with zero attached hydrogens (tertiary/aromatic N) is 1. The molecule has 200 valence electrons. The number of aromatic nitrogens is 1. The lowest BCUT2D eigenvalue weighted by Crippen LogP contribution is -2.62. The molecule has 0 aliphatic carbocycles. The molecule has 2 rings (SSSR count). The standard InChI is InChI=1S/C22H31N2O10PS/c1-6-29-20(26)22(23-15(5)25,21(27)30-7-2)13-16-18(17-11-10-12-36-17)34-24-19(16)31-14-35(28,32-8-3)33-9-4/h10-12H,6-9,13-14H2,1-5H3,(H,23,25). The lowest BCUT2D eigenvalue weighted by atomic mass is 9.90. The Bertz CT molecular complexity index is 1040. The Morgan fingerprint density at radius 2 is 1.67 bits per heavy atom. The first-order valence-electron chi connectivity index (χ1n) is 11.3. The van der Waals surface area contributed by atoms with E-state index in [1.165, 1.54) is 11.3 Å². The summed E-state index contributed by atoms with van der Waals surface area (Å²) in [5.74, 6) is -2.72. The predicted octanol–water partition coefficient (Wildman–Crippen LogP) is 3.55. The summed E-state index contributed by atoms with van der Waals surface area (Å²) >= 11 is 1.31. The van der Waals surface area contributed by atoms with Crippen LogP contribution < -0.4 is 10.1 Å². The largest absolute Gasteiger partial charge is 0.464 e. The minimum atomic E-state index is -3.64. The molecular formula is C22H31N2O10PS. The normalized spacial score (nSPS) is 11.7. The molecule has 14 heteroatoms. The fraction of sp³-hybridized carbons (Fsp3) is 0.545. The van der Waals surface area contributed by atoms with E-state index >= 15 is 0 Å². The second-order valence-corrected chi connectivity index (χ2v) is 10.1. The molecule has 36 heavy (non-hydrogen) atoms. The first-order chi connectivity index (χ1) is 17.2. The first-order valence-corrected chi connectivity index (χ1v) is 13.9. The summed E-state index contributed by atoms with van der Waals surface area (Å²) in [6.07, 6.45) is -0.992. The average Bonchev–Trinajstić information content (AvgIpc) is 3.47. The molecule has 2 heterocycles. The molecule has 0 aromatic carbocycles. The highest BCUT2D eigenvalue weighted by atomic mass is 32.1. The molecule has 2 aromatic rings. The van der Waals surface area contributed by atoms with Gasteiger partial charge in [0.05, 0.1) is 36.9 Å². The molecule has 0 saturated carbocycles. The molecule has 0 aliphatic rings. The molecule has 0 aliphatic heterocycles. The number of nitrogens with one attached hydrogen (secondary N) is 1. The molecule has 0 radical (unpaired) electrons. The second kappa shape index (κ2) is 13.5. The average molecular weight is 547 g/mol. The van der Waals surface area contributed by atoms with Gasteiger partial charge in [-0.2, -0.15) is 0 Å². The van der Waals surface area contributed by atoms with Gasteiger partial charge in [-0.1, -0.05) is 6.07 Å². The third-order valence-corrected chi connectivity index (χ3v) is 7.20. The number of amides is 1. The number of hydrogen-bond donors (Lipinski definition) is 1. The Morgan fingerprint density at radius 3 is 2.14 bits per heavy atom. The zero-order valence-electron chi connectivity index (χ0n) is 20.9. The number of carbonyl (C=O) groups excluding carboxylic acids is 3. The van der Waals surface area contributed by atoms with Gasteiger partial charge in [0.1, 0.15) is 0 Å². The number of rotatable bonds is 15. The van der Waals surface area contributed by atoms with Crippen molar-refractivity contribution in [2.45, 2.75) is 46.6 Å². The topological polar surface area (TPSA) is 152 Å². The van der Waals surface area contributed by atoms with E-state index in [4.69, 9.17) is 27.8 Å². The fourth-order valence-electron chi connectivity index (χ4n) is 3.26. The van der Waals surface area contributed by atoms with Gasteiger partial charge in [-0.15, -0.1) is 11.3 Å². The van der Waals surface area contributed by atoms with E-state index in [1.54, 1.807) is 45.2 Å². The van der Waals surface area contributed by atoms with Gasteiger partial charge in [-0.3, -0.25) is 9.36 Å². The molecule has 0 fully saturated rings. The van der Waals surface area contributed by atoms with E-state index in [9.17, 15) is 18.9 Å². The monoisotopic (exact) mass is 546 g/mol. The van der Waals surface area contributed by atoms with Crippen LogP contribution in [-0.4, -0.2) is 61.3 Å². The van der Waals surface area contributed by atoms with Gasteiger partial charge in [-0.05, 0) is 44.3 Å². The molecule has 1 N–H and O–H groups in total. The van der Waals surface area contributed by atoms with Crippen molar-refractivity contribution >= 4 is 36.8 Å². The van der Waals surface area contributed by atoms with E-state index in [1.807, 2.05) is 0 Å². The lowest BCUT2D eigenvalue weighted by Gasteiger charge is -2.29. The Morgan fingerprint density at radius 1 is 1.06 bits per heavy atom. The van der Waals surface area contributed by atoms with Crippen LogP contribution in [0.5, 0.6) is 5.88 Å². The van der Waals surface area contributed by atoms with Gasteiger partial charge in [0.2, 0.25) is 11.4 Å². The highest BCUT2D eigenvalue weighted by Crippen LogP contribution is 2.48. The molecule has 0 saturated heterocycles.